The first-order valence-electron chi connectivity index (χ1n) is 7.47. The van der Waals surface area contributed by atoms with Crippen molar-refractivity contribution in [3.8, 4) is 0 Å². The van der Waals surface area contributed by atoms with Crippen LogP contribution in [0.25, 0.3) is 0 Å². The Morgan fingerprint density at radius 1 is 1.24 bits per heavy atom. The van der Waals surface area contributed by atoms with Crippen LogP contribution in [0.2, 0.25) is 0 Å². The van der Waals surface area contributed by atoms with Crippen LogP contribution in [0.5, 0.6) is 0 Å². The van der Waals surface area contributed by atoms with Crippen molar-refractivity contribution in [1.82, 2.24) is 10.2 Å². The number of hydrogen-bond acceptors (Lipinski definition) is 2. The molecular formula is C15H30N2. The van der Waals surface area contributed by atoms with E-state index in [1.165, 1.54) is 39.0 Å². The molecule has 0 aliphatic carbocycles. The van der Waals surface area contributed by atoms with Gasteiger partial charge < -0.3 is 10.2 Å². The molecule has 0 aromatic rings. The van der Waals surface area contributed by atoms with Crippen molar-refractivity contribution in [3.05, 3.63) is 0 Å². The first-order valence-corrected chi connectivity index (χ1v) is 7.47. The van der Waals surface area contributed by atoms with Gasteiger partial charge in [-0.25, -0.2) is 0 Å². The predicted octanol–water partition coefficient (Wildman–Crippen LogP) is 2.46. The third-order valence-electron chi connectivity index (χ3n) is 5.16. The Hall–Kier alpha value is -0.0800. The van der Waals surface area contributed by atoms with E-state index in [0.717, 1.165) is 29.6 Å². The second kappa shape index (κ2) is 5.71. The molecule has 0 bridgehead atoms. The van der Waals surface area contributed by atoms with E-state index < -0.39 is 0 Å². The van der Waals surface area contributed by atoms with E-state index in [9.17, 15) is 0 Å². The molecule has 2 nitrogen and oxygen atoms in total. The number of nitrogens with zero attached hydrogens (tertiary/aromatic N) is 1. The van der Waals surface area contributed by atoms with E-state index in [1.807, 2.05) is 0 Å². The monoisotopic (exact) mass is 238 g/mol. The highest BCUT2D eigenvalue weighted by Gasteiger charge is 2.33. The van der Waals surface area contributed by atoms with Crippen LogP contribution in [0.4, 0.5) is 0 Å². The predicted molar refractivity (Wildman–Crippen MR) is 74.1 cm³/mol. The molecule has 2 rings (SSSR count). The van der Waals surface area contributed by atoms with E-state index in [4.69, 9.17) is 0 Å². The Labute approximate surface area is 107 Å². The van der Waals surface area contributed by atoms with Crippen molar-refractivity contribution in [2.45, 2.75) is 33.6 Å². The van der Waals surface area contributed by atoms with Gasteiger partial charge in [0.25, 0.3) is 0 Å². The largest absolute Gasteiger partial charge is 0.316 e. The van der Waals surface area contributed by atoms with Crippen molar-refractivity contribution in [2.75, 3.05) is 33.2 Å². The Bertz CT molecular complexity index is 235. The Balaban J connectivity index is 1.88. The number of nitrogens with one attached hydrogen (secondary N) is 1. The van der Waals surface area contributed by atoms with Crippen LogP contribution in [-0.4, -0.2) is 38.1 Å². The molecule has 2 saturated heterocycles. The van der Waals surface area contributed by atoms with Gasteiger partial charge in [0.15, 0.2) is 0 Å². The molecule has 2 fully saturated rings. The number of rotatable bonds is 4. The SMILES string of the molecule is CC(C)C1CN(C)CCC1CC(C)C1CNC1. The smallest absolute Gasteiger partial charge is 0.00117 e. The number of likely N-dealkylation sites (tertiary alicyclic amines) is 1. The van der Waals surface area contributed by atoms with Gasteiger partial charge in [0.05, 0.1) is 0 Å². The van der Waals surface area contributed by atoms with Crippen molar-refractivity contribution in [3.63, 3.8) is 0 Å². The second-order valence-corrected chi connectivity index (χ2v) is 6.85. The van der Waals surface area contributed by atoms with Gasteiger partial charge >= 0.3 is 0 Å². The molecule has 3 unspecified atom stereocenters. The van der Waals surface area contributed by atoms with Crippen LogP contribution in [0, 0.1) is 29.6 Å². The van der Waals surface area contributed by atoms with E-state index in [2.05, 4.69) is 38.0 Å². The number of piperidine rings is 1. The summed E-state index contributed by atoms with van der Waals surface area (Å²) in [7, 11) is 2.28. The Kier molecular flexibility index (Phi) is 4.48. The van der Waals surface area contributed by atoms with E-state index in [0.29, 0.717) is 0 Å². The summed E-state index contributed by atoms with van der Waals surface area (Å²) in [6, 6.07) is 0. The van der Waals surface area contributed by atoms with Crippen LogP contribution in [0.3, 0.4) is 0 Å². The number of hydrogen-bond donors (Lipinski definition) is 1. The van der Waals surface area contributed by atoms with Gasteiger partial charge in [0, 0.05) is 6.54 Å². The topological polar surface area (TPSA) is 15.3 Å². The molecular weight excluding hydrogens is 208 g/mol. The van der Waals surface area contributed by atoms with Gasteiger partial charge in [-0.15, -0.1) is 0 Å². The van der Waals surface area contributed by atoms with Gasteiger partial charge in [0.2, 0.25) is 0 Å². The van der Waals surface area contributed by atoms with Crippen molar-refractivity contribution in [2.24, 2.45) is 29.6 Å². The maximum absolute atomic E-state index is 3.41. The normalized spacial score (nSPS) is 33.7. The zero-order valence-electron chi connectivity index (χ0n) is 12.1. The molecule has 0 spiro atoms. The highest BCUT2D eigenvalue weighted by atomic mass is 15.1. The lowest BCUT2D eigenvalue weighted by atomic mass is 9.72. The molecule has 1 N–H and O–H groups in total. The fourth-order valence-electron chi connectivity index (χ4n) is 3.63. The molecule has 0 aromatic carbocycles. The minimum atomic E-state index is 0.842. The maximum atomic E-state index is 3.41. The van der Waals surface area contributed by atoms with Gasteiger partial charge in [-0.3, -0.25) is 0 Å². The molecule has 0 radical (unpaired) electrons. The second-order valence-electron chi connectivity index (χ2n) is 6.85. The fourth-order valence-corrected chi connectivity index (χ4v) is 3.63. The third-order valence-corrected chi connectivity index (χ3v) is 5.16. The average Bonchev–Trinajstić information content (AvgIpc) is 2.17. The van der Waals surface area contributed by atoms with E-state index >= 15 is 0 Å². The zero-order valence-corrected chi connectivity index (χ0v) is 12.1. The third kappa shape index (κ3) is 3.23. The molecule has 2 aliphatic heterocycles. The van der Waals surface area contributed by atoms with E-state index in [1.54, 1.807) is 0 Å². The highest BCUT2D eigenvalue weighted by molar-refractivity contribution is 4.86. The molecule has 17 heavy (non-hydrogen) atoms. The molecule has 0 amide bonds. The van der Waals surface area contributed by atoms with Crippen LogP contribution in [-0.2, 0) is 0 Å². The van der Waals surface area contributed by atoms with Crippen molar-refractivity contribution < 1.29 is 0 Å². The minimum Gasteiger partial charge on any atom is -0.316 e. The summed E-state index contributed by atoms with van der Waals surface area (Å²) in [6.07, 6.45) is 2.88. The van der Waals surface area contributed by atoms with Gasteiger partial charge in [0.1, 0.15) is 0 Å². The molecule has 2 heteroatoms. The fraction of sp³-hybridized carbons (Fsp3) is 1.00. The quantitative estimate of drug-likeness (QED) is 0.809. The van der Waals surface area contributed by atoms with Gasteiger partial charge in [-0.1, -0.05) is 20.8 Å². The lowest BCUT2D eigenvalue weighted by Crippen LogP contribution is -2.47. The molecule has 2 aliphatic rings. The van der Waals surface area contributed by atoms with Gasteiger partial charge in [-0.05, 0) is 69.1 Å². The van der Waals surface area contributed by atoms with Crippen LogP contribution in [0.1, 0.15) is 33.6 Å². The summed E-state index contributed by atoms with van der Waals surface area (Å²) in [6.45, 7) is 12.4. The average molecular weight is 238 g/mol. The maximum Gasteiger partial charge on any atom is 0.00117 e. The summed E-state index contributed by atoms with van der Waals surface area (Å²) in [4.78, 5) is 2.52. The van der Waals surface area contributed by atoms with Crippen molar-refractivity contribution in [1.29, 1.82) is 0 Å². The summed E-state index contributed by atoms with van der Waals surface area (Å²) < 4.78 is 0. The zero-order chi connectivity index (χ0) is 12.4. The summed E-state index contributed by atoms with van der Waals surface area (Å²) in [5.41, 5.74) is 0. The van der Waals surface area contributed by atoms with Gasteiger partial charge in [-0.2, -0.15) is 0 Å². The molecule has 3 atom stereocenters. The minimum absolute atomic E-state index is 0.842. The summed E-state index contributed by atoms with van der Waals surface area (Å²) in [5, 5.41) is 3.41. The lowest BCUT2D eigenvalue weighted by molar-refractivity contribution is 0.0785. The molecule has 0 saturated carbocycles. The molecule has 2 heterocycles. The molecule has 100 valence electrons. The van der Waals surface area contributed by atoms with Crippen LogP contribution in [0.15, 0.2) is 0 Å². The van der Waals surface area contributed by atoms with Crippen LogP contribution < -0.4 is 5.32 Å². The van der Waals surface area contributed by atoms with Crippen molar-refractivity contribution >= 4 is 0 Å². The summed E-state index contributed by atoms with van der Waals surface area (Å²) >= 11 is 0. The van der Waals surface area contributed by atoms with Crippen LogP contribution >= 0.6 is 0 Å². The first-order chi connectivity index (χ1) is 8.08. The van der Waals surface area contributed by atoms with E-state index in [-0.39, 0.29) is 0 Å². The Morgan fingerprint density at radius 2 is 1.94 bits per heavy atom. The standard InChI is InChI=1S/C15H30N2/c1-11(2)15-10-17(4)6-5-13(15)7-12(3)14-8-16-9-14/h11-16H,5-10H2,1-4H3. The first kappa shape index (κ1) is 13.4. The Morgan fingerprint density at radius 3 is 2.47 bits per heavy atom. The highest BCUT2D eigenvalue weighted by Crippen LogP contribution is 2.35. The molecule has 0 aromatic heterocycles. The lowest BCUT2D eigenvalue weighted by Gasteiger charge is -2.42. The summed E-state index contributed by atoms with van der Waals surface area (Å²) in [5.74, 6) is 4.62.